The molecule has 1 rings (SSSR count). The van der Waals surface area contributed by atoms with E-state index in [1.54, 1.807) is 12.0 Å². The van der Waals surface area contributed by atoms with Crippen LogP contribution in [0.4, 0.5) is 0 Å². The molecule has 1 aliphatic heterocycles. The van der Waals surface area contributed by atoms with E-state index in [1.807, 2.05) is 0 Å². The van der Waals surface area contributed by atoms with Crippen molar-refractivity contribution in [2.75, 3.05) is 44.9 Å². The van der Waals surface area contributed by atoms with Gasteiger partial charge >= 0.3 is 0 Å². The van der Waals surface area contributed by atoms with Gasteiger partial charge in [0.05, 0.1) is 18.9 Å². The molecule has 0 aromatic rings. The Morgan fingerprint density at radius 1 is 1.67 bits per heavy atom. The molecule has 0 aliphatic carbocycles. The number of hydrogen-bond donors (Lipinski definition) is 1. The maximum atomic E-state index is 11.6. The Hall–Kier alpha value is -0.750. The molecule has 1 saturated heterocycles. The van der Waals surface area contributed by atoms with Gasteiger partial charge < -0.3 is 15.0 Å². The molecule has 0 unspecified atom stereocenters. The van der Waals surface area contributed by atoms with Crippen LogP contribution >= 0.6 is 11.8 Å². The second-order valence-electron chi connectivity index (χ2n) is 3.21. The van der Waals surface area contributed by atoms with Gasteiger partial charge in [-0.1, -0.05) is 0 Å². The zero-order valence-electron chi connectivity index (χ0n) is 8.82. The first-order valence-corrected chi connectivity index (χ1v) is 6.00. The SMILES string of the molecule is COCCSCC(=O)N1CCNC(=O)C1. The summed E-state index contributed by atoms with van der Waals surface area (Å²) in [7, 11) is 1.64. The maximum Gasteiger partial charge on any atom is 0.239 e. The summed E-state index contributed by atoms with van der Waals surface area (Å²) in [6.07, 6.45) is 0. The molecule has 86 valence electrons. The van der Waals surface area contributed by atoms with Gasteiger partial charge in [0.15, 0.2) is 0 Å². The fourth-order valence-electron chi connectivity index (χ4n) is 1.24. The monoisotopic (exact) mass is 232 g/mol. The number of piperazine rings is 1. The minimum absolute atomic E-state index is 0.0333. The predicted octanol–water partition coefficient (Wildman–Crippen LogP) is -0.676. The van der Waals surface area contributed by atoms with Crippen LogP contribution in [0.5, 0.6) is 0 Å². The molecule has 0 bridgehead atoms. The Balaban J connectivity index is 2.18. The summed E-state index contributed by atoms with van der Waals surface area (Å²) in [4.78, 5) is 24.2. The van der Waals surface area contributed by atoms with Gasteiger partial charge in [-0.05, 0) is 0 Å². The molecular formula is C9H16N2O3S. The van der Waals surface area contributed by atoms with Crippen LogP contribution in [-0.2, 0) is 14.3 Å². The fourth-order valence-corrected chi connectivity index (χ4v) is 2.03. The molecule has 2 amide bonds. The van der Waals surface area contributed by atoms with Crippen LogP contribution in [0, 0.1) is 0 Å². The molecule has 0 spiro atoms. The molecule has 1 aliphatic rings. The molecule has 15 heavy (non-hydrogen) atoms. The largest absolute Gasteiger partial charge is 0.384 e. The van der Waals surface area contributed by atoms with Crippen LogP contribution in [0.3, 0.4) is 0 Å². The van der Waals surface area contributed by atoms with E-state index in [1.165, 1.54) is 11.8 Å². The summed E-state index contributed by atoms with van der Waals surface area (Å²) in [6.45, 7) is 2.03. The van der Waals surface area contributed by atoms with Gasteiger partial charge in [-0.15, -0.1) is 11.8 Å². The number of carbonyl (C=O) groups is 2. The summed E-state index contributed by atoms with van der Waals surface area (Å²) in [5.74, 6) is 1.20. The second-order valence-corrected chi connectivity index (χ2v) is 4.32. The highest BCUT2D eigenvalue weighted by Crippen LogP contribution is 2.03. The average molecular weight is 232 g/mol. The van der Waals surface area contributed by atoms with Gasteiger partial charge in [0, 0.05) is 26.0 Å². The van der Waals surface area contributed by atoms with Crippen molar-refractivity contribution >= 4 is 23.6 Å². The lowest BCUT2D eigenvalue weighted by atomic mass is 10.3. The molecule has 0 atom stereocenters. The molecule has 1 fully saturated rings. The third-order valence-electron chi connectivity index (χ3n) is 2.05. The second kappa shape index (κ2) is 6.68. The maximum absolute atomic E-state index is 11.6. The molecule has 0 aromatic carbocycles. The van der Waals surface area contributed by atoms with Crippen molar-refractivity contribution in [3.05, 3.63) is 0 Å². The minimum Gasteiger partial charge on any atom is -0.384 e. The van der Waals surface area contributed by atoms with Gasteiger partial charge in [0.1, 0.15) is 0 Å². The van der Waals surface area contributed by atoms with E-state index >= 15 is 0 Å². The van der Waals surface area contributed by atoms with Crippen LogP contribution in [0.2, 0.25) is 0 Å². The lowest BCUT2D eigenvalue weighted by molar-refractivity contribution is -0.136. The Morgan fingerprint density at radius 3 is 3.13 bits per heavy atom. The van der Waals surface area contributed by atoms with E-state index in [4.69, 9.17) is 4.74 Å². The van der Waals surface area contributed by atoms with Crippen LogP contribution < -0.4 is 5.32 Å². The highest BCUT2D eigenvalue weighted by molar-refractivity contribution is 7.99. The summed E-state index contributed by atoms with van der Waals surface area (Å²) in [6, 6.07) is 0. The van der Waals surface area contributed by atoms with Gasteiger partial charge in [-0.2, -0.15) is 0 Å². The Labute approximate surface area is 93.5 Å². The summed E-state index contributed by atoms with van der Waals surface area (Å²) >= 11 is 1.53. The topological polar surface area (TPSA) is 58.6 Å². The van der Waals surface area contributed by atoms with Crippen molar-refractivity contribution in [3.63, 3.8) is 0 Å². The van der Waals surface area contributed by atoms with Crippen molar-refractivity contribution in [2.45, 2.75) is 0 Å². The van der Waals surface area contributed by atoms with E-state index in [-0.39, 0.29) is 18.4 Å². The van der Waals surface area contributed by atoms with Crippen molar-refractivity contribution in [1.82, 2.24) is 10.2 Å². The molecule has 0 saturated carbocycles. The number of ether oxygens (including phenoxy) is 1. The predicted molar refractivity (Wildman–Crippen MR) is 58.8 cm³/mol. The number of methoxy groups -OCH3 is 1. The van der Waals surface area contributed by atoms with Crippen LogP contribution in [0.25, 0.3) is 0 Å². The normalized spacial score (nSPS) is 16.3. The first kappa shape index (κ1) is 12.3. The number of rotatable bonds is 5. The number of hydrogen-bond acceptors (Lipinski definition) is 4. The zero-order chi connectivity index (χ0) is 11.1. The summed E-state index contributed by atoms with van der Waals surface area (Å²) in [5, 5.41) is 2.68. The average Bonchev–Trinajstić information content (AvgIpc) is 2.24. The van der Waals surface area contributed by atoms with Crippen LogP contribution in [0.15, 0.2) is 0 Å². The van der Waals surface area contributed by atoms with Gasteiger partial charge in [0.25, 0.3) is 0 Å². The molecule has 0 aromatic heterocycles. The minimum atomic E-state index is -0.0727. The number of carbonyl (C=O) groups excluding carboxylic acids is 2. The fraction of sp³-hybridized carbons (Fsp3) is 0.778. The highest BCUT2D eigenvalue weighted by Gasteiger charge is 2.20. The smallest absolute Gasteiger partial charge is 0.239 e. The number of nitrogens with zero attached hydrogens (tertiary/aromatic N) is 1. The quantitative estimate of drug-likeness (QED) is 0.638. The third-order valence-corrected chi connectivity index (χ3v) is 2.95. The Morgan fingerprint density at radius 2 is 2.47 bits per heavy atom. The van der Waals surface area contributed by atoms with Crippen molar-refractivity contribution in [3.8, 4) is 0 Å². The van der Waals surface area contributed by atoms with Crippen molar-refractivity contribution in [2.24, 2.45) is 0 Å². The number of thioether (sulfide) groups is 1. The van der Waals surface area contributed by atoms with Crippen molar-refractivity contribution in [1.29, 1.82) is 0 Å². The highest BCUT2D eigenvalue weighted by atomic mass is 32.2. The number of nitrogens with one attached hydrogen (secondary N) is 1. The molecule has 1 N–H and O–H groups in total. The third kappa shape index (κ3) is 4.53. The van der Waals surface area contributed by atoms with E-state index < -0.39 is 0 Å². The van der Waals surface area contributed by atoms with Crippen molar-refractivity contribution < 1.29 is 14.3 Å². The molecule has 0 radical (unpaired) electrons. The van der Waals surface area contributed by atoms with E-state index in [0.717, 1.165) is 5.75 Å². The van der Waals surface area contributed by atoms with E-state index in [0.29, 0.717) is 25.4 Å². The lowest BCUT2D eigenvalue weighted by Crippen LogP contribution is -2.50. The lowest BCUT2D eigenvalue weighted by Gasteiger charge is -2.26. The van der Waals surface area contributed by atoms with Gasteiger partial charge in [0.2, 0.25) is 11.8 Å². The molecular weight excluding hydrogens is 216 g/mol. The molecule has 6 heteroatoms. The van der Waals surface area contributed by atoms with Crippen LogP contribution in [0.1, 0.15) is 0 Å². The van der Waals surface area contributed by atoms with E-state index in [9.17, 15) is 9.59 Å². The Kier molecular flexibility index (Phi) is 5.49. The van der Waals surface area contributed by atoms with Gasteiger partial charge in [-0.3, -0.25) is 9.59 Å². The molecule has 1 heterocycles. The summed E-state index contributed by atoms with van der Waals surface area (Å²) in [5.41, 5.74) is 0. The first-order valence-electron chi connectivity index (χ1n) is 4.85. The van der Waals surface area contributed by atoms with E-state index in [2.05, 4.69) is 5.32 Å². The van der Waals surface area contributed by atoms with Crippen LogP contribution in [-0.4, -0.2) is 61.6 Å². The summed E-state index contributed by atoms with van der Waals surface area (Å²) < 4.78 is 4.88. The Bertz CT molecular complexity index is 235. The van der Waals surface area contributed by atoms with Gasteiger partial charge in [-0.25, -0.2) is 0 Å². The first-order chi connectivity index (χ1) is 7.24. The number of amides is 2. The standard InChI is InChI=1S/C9H16N2O3S/c1-14-4-5-15-7-9(13)11-3-2-10-8(12)6-11/h2-7H2,1H3,(H,10,12). The molecule has 5 nitrogen and oxygen atoms in total. The zero-order valence-corrected chi connectivity index (χ0v) is 9.64.